The summed E-state index contributed by atoms with van der Waals surface area (Å²) in [6.07, 6.45) is 0. The summed E-state index contributed by atoms with van der Waals surface area (Å²) in [6, 6.07) is 21.9. The first-order valence-corrected chi connectivity index (χ1v) is 10.6. The molecule has 1 saturated heterocycles. The number of piperazine rings is 1. The van der Waals surface area contributed by atoms with Gasteiger partial charge in [-0.2, -0.15) is 0 Å². The van der Waals surface area contributed by atoms with Crippen molar-refractivity contribution in [2.75, 3.05) is 53.4 Å². The summed E-state index contributed by atoms with van der Waals surface area (Å²) >= 11 is 0. The van der Waals surface area contributed by atoms with Crippen LogP contribution in [0, 0.1) is 0 Å². The largest absolute Gasteiger partial charge is 0.355 e. The topological polar surface area (TPSA) is 42.9 Å². The van der Waals surface area contributed by atoms with E-state index >= 15 is 0 Å². The lowest BCUT2D eigenvalue weighted by Gasteiger charge is -2.36. The van der Waals surface area contributed by atoms with Crippen LogP contribution >= 0.6 is 24.0 Å². The van der Waals surface area contributed by atoms with Crippen molar-refractivity contribution in [1.29, 1.82) is 0 Å². The van der Waals surface area contributed by atoms with Crippen molar-refractivity contribution in [2.45, 2.75) is 18.9 Å². The summed E-state index contributed by atoms with van der Waals surface area (Å²) in [6.45, 7) is 8.55. The van der Waals surface area contributed by atoms with Crippen molar-refractivity contribution in [3.63, 3.8) is 0 Å². The van der Waals surface area contributed by atoms with Crippen molar-refractivity contribution < 1.29 is 0 Å². The molecule has 0 saturated carbocycles. The molecule has 1 unspecified atom stereocenters. The van der Waals surface area contributed by atoms with E-state index in [9.17, 15) is 0 Å². The van der Waals surface area contributed by atoms with Crippen LogP contribution < -0.4 is 10.6 Å². The molecule has 0 spiro atoms. The van der Waals surface area contributed by atoms with Gasteiger partial charge in [-0.3, -0.25) is 9.89 Å². The lowest BCUT2D eigenvalue weighted by molar-refractivity contribution is 0.120. The Morgan fingerprint density at radius 1 is 0.867 bits per heavy atom. The number of hydrogen-bond acceptors (Lipinski definition) is 3. The number of rotatable bonds is 7. The van der Waals surface area contributed by atoms with Crippen LogP contribution in [0.5, 0.6) is 0 Å². The molecule has 2 aromatic carbocycles. The maximum Gasteiger partial charge on any atom is 0.191 e. The molecule has 0 radical (unpaired) electrons. The number of likely N-dealkylation sites (N-methyl/N-ethyl adjacent to an activating group) is 1. The lowest BCUT2D eigenvalue weighted by atomic mass is 9.91. The van der Waals surface area contributed by atoms with E-state index in [4.69, 9.17) is 0 Å². The smallest absolute Gasteiger partial charge is 0.191 e. The molecule has 0 amide bonds. The van der Waals surface area contributed by atoms with E-state index in [1.54, 1.807) is 0 Å². The van der Waals surface area contributed by atoms with Crippen LogP contribution in [-0.4, -0.2) is 75.2 Å². The van der Waals surface area contributed by atoms with E-state index in [1.807, 2.05) is 7.05 Å². The molecule has 1 atom stereocenters. The molecular formula is C24H36IN5. The molecule has 6 heteroatoms. The molecule has 0 bridgehead atoms. The van der Waals surface area contributed by atoms with Gasteiger partial charge < -0.3 is 15.5 Å². The van der Waals surface area contributed by atoms with Crippen LogP contribution in [-0.2, 0) is 0 Å². The van der Waals surface area contributed by atoms with Gasteiger partial charge in [0.2, 0.25) is 0 Å². The maximum atomic E-state index is 4.44. The SMILES string of the molecule is CN=C(NCC(c1ccccc1)c1ccccc1)NCC(C)N1CCN(C)CC1.I. The Hall–Kier alpha value is -1.64. The van der Waals surface area contributed by atoms with Crippen LogP contribution in [0.15, 0.2) is 65.7 Å². The van der Waals surface area contributed by atoms with Gasteiger partial charge in [-0.25, -0.2) is 0 Å². The van der Waals surface area contributed by atoms with E-state index < -0.39 is 0 Å². The minimum absolute atomic E-state index is 0. The van der Waals surface area contributed by atoms with E-state index in [2.05, 4.69) is 100 Å². The van der Waals surface area contributed by atoms with Gasteiger partial charge in [0.05, 0.1) is 0 Å². The third-order valence-corrected chi connectivity index (χ3v) is 5.83. The Morgan fingerprint density at radius 2 is 1.37 bits per heavy atom. The molecule has 164 valence electrons. The number of nitrogens with one attached hydrogen (secondary N) is 2. The zero-order valence-electron chi connectivity index (χ0n) is 18.4. The van der Waals surface area contributed by atoms with Gasteiger partial charge >= 0.3 is 0 Å². The average molecular weight is 521 g/mol. The second-order valence-corrected chi connectivity index (χ2v) is 7.90. The Labute approximate surface area is 199 Å². The highest BCUT2D eigenvalue weighted by molar-refractivity contribution is 14.0. The minimum Gasteiger partial charge on any atom is -0.355 e. The van der Waals surface area contributed by atoms with Crippen LogP contribution in [0.1, 0.15) is 24.0 Å². The number of hydrogen-bond donors (Lipinski definition) is 2. The van der Waals surface area contributed by atoms with Gasteiger partial charge in [0.25, 0.3) is 0 Å². The van der Waals surface area contributed by atoms with Crippen LogP contribution in [0.3, 0.4) is 0 Å². The van der Waals surface area contributed by atoms with E-state index in [-0.39, 0.29) is 29.9 Å². The van der Waals surface area contributed by atoms with Gasteiger partial charge in [0.15, 0.2) is 5.96 Å². The molecule has 30 heavy (non-hydrogen) atoms. The second-order valence-electron chi connectivity index (χ2n) is 7.90. The third kappa shape index (κ3) is 7.25. The van der Waals surface area contributed by atoms with Gasteiger partial charge in [-0.1, -0.05) is 60.7 Å². The normalized spacial score (nSPS) is 16.7. The van der Waals surface area contributed by atoms with Crippen molar-refractivity contribution >= 4 is 29.9 Å². The van der Waals surface area contributed by atoms with E-state index in [0.717, 1.165) is 45.2 Å². The predicted octanol–water partition coefficient (Wildman–Crippen LogP) is 3.24. The highest BCUT2D eigenvalue weighted by atomic mass is 127. The Bertz CT molecular complexity index is 705. The molecule has 3 rings (SSSR count). The van der Waals surface area contributed by atoms with Gasteiger partial charge in [0, 0.05) is 58.3 Å². The second kappa shape index (κ2) is 12.9. The fraction of sp³-hybridized carbons (Fsp3) is 0.458. The highest BCUT2D eigenvalue weighted by Gasteiger charge is 2.19. The summed E-state index contributed by atoms with van der Waals surface area (Å²) < 4.78 is 0. The molecule has 1 aliphatic heterocycles. The molecule has 1 fully saturated rings. The molecule has 1 heterocycles. The minimum atomic E-state index is 0. The van der Waals surface area contributed by atoms with Gasteiger partial charge in [-0.05, 0) is 25.1 Å². The van der Waals surface area contributed by atoms with Gasteiger partial charge in [0.1, 0.15) is 0 Å². The summed E-state index contributed by atoms with van der Waals surface area (Å²) in [5.74, 6) is 1.15. The molecule has 0 aromatic heterocycles. The quantitative estimate of drug-likeness (QED) is 0.334. The standard InChI is InChI=1S/C24H35N5.HI/c1-20(29-16-14-28(3)15-17-29)18-26-24(25-2)27-19-23(21-10-6-4-7-11-21)22-12-8-5-9-13-22;/h4-13,20,23H,14-19H2,1-3H3,(H2,25,26,27);1H. The van der Waals surface area contributed by atoms with Gasteiger partial charge in [-0.15, -0.1) is 24.0 Å². The summed E-state index contributed by atoms with van der Waals surface area (Å²) in [7, 11) is 4.04. The Morgan fingerprint density at radius 3 is 1.87 bits per heavy atom. The highest BCUT2D eigenvalue weighted by Crippen LogP contribution is 2.23. The third-order valence-electron chi connectivity index (χ3n) is 5.83. The summed E-state index contributed by atoms with van der Waals surface area (Å²) in [5, 5.41) is 7.06. The van der Waals surface area contributed by atoms with E-state index in [1.165, 1.54) is 11.1 Å². The molecule has 2 aromatic rings. The Kier molecular flexibility index (Phi) is 10.6. The fourth-order valence-electron chi connectivity index (χ4n) is 3.85. The fourth-order valence-corrected chi connectivity index (χ4v) is 3.85. The number of guanidine groups is 1. The number of aliphatic imine (C=N–C) groups is 1. The van der Waals surface area contributed by atoms with Crippen molar-refractivity contribution in [3.05, 3.63) is 71.8 Å². The van der Waals surface area contributed by atoms with Crippen LogP contribution in [0.2, 0.25) is 0 Å². The summed E-state index contributed by atoms with van der Waals surface area (Å²) in [5.41, 5.74) is 2.62. The number of benzene rings is 2. The first-order chi connectivity index (χ1) is 14.2. The lowest BCUT2D eigenvalue weighted by Crippen LogP contribution is -2.52. The van der Waals surface area contributed by atoms with Crippen molar-refractivity contribution in [2.24, 2.45) is 4.99 Å². The summed E-state index contributed by atoms with van der Waals surface area (Å²) in [4.78, 5) is 9.39. The van der Waals surface area contributed by atoms with Crippen LogP contribution in [0.25, 0.3) is 0 Å². The molecule has 5 nitrogen and oxygen atoms in total. The first kappa shape index (κ1) is 24.6. The first-order valence-electron chi connectivity index (χ1n) is 10.6. The molecule has 2 N–H and O–H groups in total. The van der Waals surface area contributed by atoms with Crippen molar-refractivity contribution in [1.82, 2.24) is 20.4 Å². The molecule has 0 aliphatic carbocycles. The number of nitrogens with zero attached hydrogens (tertiary/aromatic N) is 3. The monoisotopic (exact) mass is 521 g/mol. The zero-order valence-corrected chi connectivity index (χ0v) is 20.8. The van der Waals surface area contributed by atoms with Crippen molar-refractivity contribution in [3.8, 4) is 0 Å². The van der Waals surface area contributed by atoms with Crippen LogP contribution in [0.4, 0.5) is 0 Å². The number of halogens is 1. The average Bonchev–Trinajstić information content (AvgIpc) is 2.77. The zero-order chi connectivity index (χ0) is 20.5. The Balaban J connectivity index is 0.00000320. The molecule has 1 aliphatic rings. The maximum absolute atomic E-state index is 4.44. The predicted molar refractivity (Wildman–Crippen MR) is 138 cm³/mol. The van der Waals surface area contributed by atoms with E-state index in [0.29, 0.717) is 6.04 Å². The molecular weight excluding hydrogens is 485 g/mol.